The first kappa shape index (κ1) is 20.6. The molecule has 0 saturated carbocycles. The van der Waals surface area contributed by atoms with E-state index in [-0.39, 0.29) is 11.8 Å². The first-order chi connectivity index (χ1) is 11.3. The number of thioether (sulfide) groups is 1. The maximum Gasteiger partial charge on any atom is 0.230 e. The molecular weight excluding hydrogens is 344 g/mol. The second kappa shape index (κ2) is 9.79. The molecule has 1 heterocycles. The van der Waals surface area contributed by atoms with E-state index >= 15 is 0 Å². The highest BCUT2D eigenvalue weighted by Crippen LogP contribution is 2.14. The average Bonchev–Trinajstić information content (AvgIpc) is 2.57. The SMILES string of the molecule is C[B]/C(NC(=S)c1cncc(F)c1)=C(/C)N(C)C(=O)C(C)CSC. The Morgan fingerprint density at radius 2 is 2.21 bits per heavy atom. The van der Waals surface area contributed by atoms with E-state index in [0.29, 0.717) is 16.1 Å². The van der Waals surface area contributed by atoms with Gasteiger partial charge in [-0.3, -0.25) is 9.78 Å². The summed E-state index contributed by atoms with van der Waals surface area (Å²) in [6, 6.07) is 1.32. The van der Waals surface area contributed by atoms with Crippen LogP contribution in [0.1, 0.15) is 19.4 Å². The maximum atomic E-state index is 13.3. The summed E-state index contributed by atoms with van der Waals surface area (Å²) in [5.41, 5.74) is 1.94. The minimum Gasteiger partial charge on any atom is -0.357 e. The molecule has 0 aliphatic carbocycles. The van der Waals surface area contributed by atoms with Crippen LogP contribution in [0.3, 0.4) is 0 Å². The number of aromatic nitrogens is 1. The normalized spacial score (nSPS) is 12.9. The van der Waals surface area contributed by atoms with Gasteiger partial charge in [0, 0.05) is 36.2 Å². The van der Waals surface area contributed by atoms with Crippen LogP contribution >= 0.6 is 24.0 Å². The number of carbonyl (C=O) groups excluding carboxylic acids is 1. The molecule has 0 fully saturated rings. The van der Waals surface area contributed by atoms with Gasteiger partial charge >= 0.3 is 0 Å². The van der Waals surface area contributed by atoms with Gasteiger partial charge in [0.25, 0.3) is 0 Å². The molecule has 24 heavy (non-hydrogen) atoms. The Labute approximate surface area is 153 Å². The molecule has 1 aromatic rings. The van der Waals surface area contributed by atoms with Gasteiger partial charge < -0.3 is 10.2 Å². The molecule has 4 nitrogen and oxygen atoms in total. The molecule has 0 aromatic carbocycles. The predicted molar refractivity (Wildman–Crippen MR) is 104 cm³/mol. The van der Waals surface area contributed by atoms with Crippen LogP contribution in [0.25, 0.3) is 0 Å². The molecule has 1 unspecified atom stereocenters. The van der Waals surface area contributed by atoms with E-state index in [9.17, 15) is 9.18 Å². The van der Waals surface area contributed by atoms with Crippen LogP contribution in [0, 0.1) is 11.7 Å². The van der Waals surface area contributed by atoms with E-state index in [4.69, 9.17) is 12.2 Å². The average molecular weight is 366 g/mol. The zero-order chi connectivity index (χ0) is 18.3. The molecule has 0 bridgehead atoms. The van der Waals surface area contributed by atoms with Crippen LogP contribution in [-0.2, 0) is 4.79 Å². The summed E-state index contributed by atoms with van der Waals surface area (Å²) >= 11 is 6.95. The predicted octanol–water partition coefficient (Wildman–Crippen LogP) is 2.88. The highest BCUT2D eigenvalue weighted by atomic mass is 32.2. The fraction of sp³-hybridized carbons (Fsp3) is 0.438. The lowest BCUT2D eigenvalue weighted by molar-refractivity contribution is -0.131. The van der Waals surface area contributed by atoms with Gasteiger partial charge in [-0.25, -0.2) is 4.39 Å². The molecule has 1 amide bonds. The Morgan fingerprint density at radius 1 is 1.54 bits per heavy atom. The van der Waals surface area contributed by atoms with Crippen molar-refractivity contribution in [3.05, 3.63) is 41.1 Å². The van der Waals surface area contributed by atoms with Crippen molar-refractivity contribution >= 4 is 42.2 Å². The smallest absolute Gasteiger partial charge is 0.230 e. The van der Waals surface area contributed by atoms with Crippen LogP contribution in [0.15, 0.2) is 29.8 Å². The van der Waals surface area contributed by atoms with Gasteiger partial charge in [0.15, 0.2) is 7.28 Å². The lowest BCUT2D eigenvalue weighted by Gasteiger charge is -2.25. The zero-order valence-electron chi connectivity index (χ0n) is 14.6. The number of hydrogen-bond acceptors (Lipinski definition) is 4. The molecule has 1 rings (SSSR count). The summed E-state index contributed by atoms with van der Waals surface area (Å²) in [6.07, 6.45) is 4.60. The highest BCUT2D eigenvalue weighted by molar-refractivity contribution is 7.98. The molecular formula is C16H22BFN3OS2. The molecule has 0 aliphatic rings. The van der Waals surface area contributed by atoms with Crippen LogP contribution in [0.4, 0.5) is 4.39 Å². The van der Waals surface area contributed by atoms with Crippen molar-refractivity contribution in [2.45, 2.75) is 20.7 Å². The zero-order valence-corrected chi connectivity index (χ0v) is 16.2. The molecule has 0 saturated heterocycles. The summed E-state index contributed by atoms with van der Waals surface area (Å²) in [5.74, 6) is 0.291. The standard InChI is InChI=1S/C16H22BFN3OS2/c1-10(9-24-5)16(22)21(4)11(2)14(17-3)20-15(23)12-6-13(18)8-19-7-12/h6-8,10H,9H2,1-5H3,(H,20,23)/b14-11+. The number of rotatable bonds is 7. The Balaban J connectivity index is 2.94. The number of halogens is 1. The van der Waals surface area contributed by atoms with E-state index in [2.05, 4.69) is 10.3 Å². The number of hydrogen-bond donors (Lipinski definition) is 1. The van der Waals surface area contributed by atoms with Crippen LogP contribution in [0.2, 0.25) is 6.82 Å². The number of carbonyl (C=O) groups is 1. The third-order valence-corrected chi connectivity index (χ3v) is 4.74. The van der Waals surface area contributed by atoms with Crippen LogP contribution in [-0.4, -0.2) is 47.1 Å². The second-order valence-electron chi connectivity index (χ2n) is 5.39. The third-order valence-electron chi connectivity index (χ3n) is 3.57. The van der Waals surface area contributed by atoms with Crippen LogP contribution < -0.4 is 5.32 Å². The first-order valence-corrected chi connectivity index (χ1v) is 9.30. The minimum atomic E-state index is -0.447. The fourth-order valence-electron chi connectivity index (χ4n) is 2.10. The molecule has 1 N–H and O–H groups in total. The molecule has 1 aromatic heterocycles. The van der Waals surface area contributed by atoms with Gasteiger partial charge in [0.2, 0.25) is 5.91 Å². The molecule has 0 spiro atoms. The fourth-order valence-corrected chi connectivity index (χ4v) is 2.96. The molecule has 1 radical (unpaired) electrons. The largest absolute Gasteiger partial charge is 0.357 e. The lowest BCUT2D eigenvalue weighted by Crippen LogP contribution is -2.35. The van der Waals surface area contributed by atoms with Crippen molar-refractivity contribution in [2.75, 3.05) is 19.1 Å². The van der Waals surface area contributed by atoms with E-state index in [0.717, 1.165) is 17.6 Å². The molecule has 129 valence electrons. The summed E-state index contributed by atoms with van der Waals surface area (Å²) in [5, 5.41) is 3.07. The van der Waals surface area contributed by atoms with Gasteiger partial charge in [-0.1, -0.05) is 26.0 Å². The summed E-state index contributed by atoms with van der Waals surface area (Å²) in [7, 11) is 3.57. The second-order valence-corrected chi connectivity index (χ2v) is 6.71. The maximum absolute atomic E-state index is 13.3. The van der Waals surface area contributed by atoms with Crippen molar-refractivity contribution in [3.63, 3.8) is 0 Å². The molecule has 1 atom stereocenters. The van der Waals surface area contributed by atoms with E-state index in [1.54, 1.807) is 23.7 Å². The topological polar surface area (TPSA) is 45.2 Å². The van der Waals surface area contributed by atoms with Crippen molar-refractivity contribution in [1.29, 1.82) is 0 Å². The monoisotopic (exact) mass is 366 g/mol. The van der Waals surface area contributed by atoms with Crippen LogP contribution in [0.5, 0.6) is 0 Å². The van der Waals surface area contributed by atoms with Crippen molar-refractivity contribution < 1.29 is 9.18 Å². The highest BCUT2D eigenvalue weighted by Gasteiger charge is 2.20. The van der Waals surface area contributed by atoms with Crippen molar-refractivity contribution in [3.8, 4) is 0 Å². The Morgan fingerprint density at radius 3 is 2.75 bits per heavy atom. The van der Waals surface area contributed by atoms with E-state index < -0.39 is 5.82 Å². The van der Waals surface area contributed by atoms with Gasteiger partial charge in [0.05, 0.1) is 6.20 Å². The van der Waals surface area contributed by atoms with Crippen molar-refractivity contribution in [2.24, 2.45) is 5.92 Å². The minimum absolute atomic E-state index is 0.0429. The number of thiocarbonyl (C=S) groups is 1. The first-order valence-electron chi connectivity index (χ1n) is 7.50. The molecule has 0 aliphatic heterocycles. The number of nitrogens with one attached hydrogen (secondary N) is 1. The quantitative estimate of drug-likeness (QED) is 0.594. The van der Waals surface area contributed by atoms with Gasteiger partial charge in [-0.05, 0) is 24.8 Å². The molecule has 8 heteroatoms. The third kappa shape index (κ3) is 5.59. The number of nitrogens with zero attached hydrogens (tertiary/aromatic N) is 2. The van der Waals surface area contributed by atoms with Gasteiger partial charge in [-0.15, -0.1) is 0 Å². The Bertz CT molecular complexity index is 640. The Hall–Kier alpha value is -1.41. The van der Waals surface area contributed by atoms with Gasteiger partial charge in [-0.2, -0.15) is 11.8 Å². The Kier molecular flexibility index (Phi) is 8.42. The number of pyridine rings is 1. The summed E-state index contributed by atoms with van der Waals surface area (Å²) in [4.78, 5) is 18.2. The number of amides is 1. The van der Waals surface area contributed by atoms with Crippen molar-refractivity contribution in [1.82, 2.24) is 15.2 Å². The summed E-state index contributed by atoms with van der Waals surface area (Å²) < 4.78 is 13.3. The summed E-state index contributed by atoms with van der Waals surface area (Å²) in [6.45, 7) is 5.61. The van der Waals surface area contributed by atoms with E-state index in [1.165, 1.54) is 12.3 Å². The van der Waals surface area contributed by atoms with E-state index in [1.807, 2.05) is 34.2 Å². The lowest BCUT2D eigenvalue weighted by atomic mass is 9.76. The number of allylic oxidation sites excluding steroid dienone is 1. The van der Waals surface area contributed by atoms with Gasteiger partial charge in [0.1, 0.15) is 10.8 Å².